The molecule has 0 saturated heterocycles. The van der Waals surface area contributed by atoms with Crippen molar-refractivity contribution in [3.63, 3.8) is 0 Å². The molecular weight excluding hydrogens is 287 g/mol. The lowest BCUT2D eigenvalue weighted by Crippen LogP contribution is -2.27. The largest absolute Gasteiger partial charge is 0.478 e. The monoisotopic (exact) mass is 300 g/mol. The molecule has 0 aliphatic rings. The maximum Gasteiger partial charge on any atom is 0.412 e. The van der Waals surface area contributed by atoms with Crippen LogP contribution in [0.1, 0.15) is 31.1 Å². The van der Waals surface area contributed by atoms with E-state index in [-0.39, 0.29) is 0 Å². The molecule has 0 bridgehead atoms. The number of nitrogens with one attached hydrogen (secondary N) is 1. The van der Waals surface area contributed by atoms with Gasteiger partial charge in [-0.1, -0.05) is 0 Å². The van der Waals surface area contributed by atoms with E-state index in [4.69, 9.17) is 9.84 Å². The van der Waals surface area contributed by atoms with E-state index in [9.17, 15) is 24.1 Å². The maximum absolute atomic E-state index is 13.5. The first kappa shape index (κ1) is 16.3. The lowest BCUT2D eigenvalue weighted by atomic mass is 10.1. The Labute approximate surface area is 118 Å². The second kappa shape index (κ2) is 5.73. The number of carbonyl (C=O) groups is 2. The molecule has 21 heavy (non-hydrogen) atoms. The van der Waals surface area contributed by atoms with Crippen LogP contribution < -0.4 is 5.32 Å². The number of benzene rings is 1. The van der Waals surface area contributed by atoms with E-state index in [1.54, 1.807) is 20.8 Å². The molecule has 0 spiro atoms. The van der Waals surface area contributed by atoms with Gasteiger partial charge in [0.05, 0.1) is 16.2 Å². The van der Waals surface area contributed by atoms with Gasteiger partial charge in [0.15, 0.2) is 0 Å². The third-order valence-electron chi connectivity index (χ3n) is 2.15. The summed E-state index contributed by atoms with van der Waals surface area (Å²) in [6.45, 7) is 4.75. The van der Waals surface area contributed by atoms with E-state index in [2.05, 4.69) is 5.32 Å². The zero-order chi connectivity index (χ0) is 16.4. The molecule has 0 heterocycles. The van der Waals surface area contributed by atoms with Crippen LogP contribution in [0.5, 0.6) is 0 Å². The first-order valence-electron chi connectivity index (χ1n) is 5.72. The predicted molar refractivity (Wildman–Crippen MR) is 69.9 cm³/mol. The summed E-state index contributed by atoms with van der Waals surface area (Å²) < 4.78 is 18.4. The molecule has 2 N–H and O–H groups in total. The van der Waals surface area contributed by atoms with E-state index in [0.29, 0.717) is 12.1 Å². The number of rotatable bonds is 3. The number of nitro benzene ring substituents is 1. The Morgan fingerprint density at radius 3 is 2.38 bits per heavy atom. The summed E-state index contributed by atoms with van der Waals surface area (Å²) in [7, 11) is 0. The number of nitrogens with zero attached hydrogens (tertiary/aromatic N) is 1. The average molecular weight is 300 g/mol. The Balaban J connectivity index is 3.18. The smallest absolute Gasteiger partial charge is 0.412 e. The van der Waals surface area contributed by atoms with Gasteiger partial charge in [-0.25, -0.2) is 9.59 Å². The minimum atomic E-state index is -1.55. The quantitative estimate of drug-likeness (QED) is 0.654. The van der Waals surface area contributed by atoms with Gasteiger partial charge in [0.25, 0.3) is 0 Å². The van der Waals surface area contributed by atoms with E-state index >= 15 is 0 Å². The molecule has 0 fully saturated rings. The molecule has 0 saturated carbocycles. The number of carbonyl (C=O) groups excluding carboxylic acids is 1. The molecule has 1 aromatic rings. The number of halogens is 1. The summed E-state index contributed by atoms with van der Waals surface area (Å²) in [4.78, 5) is 32.1. The Morgan fingerprint density at radius 1 is 1.38 bits per heavy atom. The highest BCUT2D eigenvalue weighted by Gasteiger charge is 2.24. The Morgan fingerprint density at radius 2 is 1.95 bits per heavy atom. The van der Waals surface area contributed by atoms with Crippen molar-refractivity contribution in [2.75, 3.05) is 5.32 Å². The summed E-state index contributed by atoms with van der Waals surface area (Å²) >= 11 is 0. The van der Waals surface area contributed by atoms with Gasteiger partial charge in [-0.05, 0) is 20.8 Å². The van der Waals surface area contributed by atoms with Gasteiger partial charge in [-0.15, -0.1) is 0 Å². The molecule has 0 radical (unpaired) electrons. The standard InChI is InChI=1S/C12H13FN2O6/c1-12(2,3)21-11(18)14-8-5-7(13)9(15(19)20)4-6(8)10(16)17/h4-5H,1-3H3,(H,14,18)(H,16,17). The predicted octanol–water partition coefficient (Wildman–Crippen LogP) is 2.78. The van der Waals surface area contributed by atoms with E-state index in [1.807, 2.05) is 0 Å². The van der Waals surface area contributed by atoms with Crippen LogP contribution >= 0.6 is 0 Å². The van der Waals surface area contributed by atoms with Gasteiger partial charge >= 0.3 is 17.7 Å². The van der Waals surface area contributed by atoms with Crippen LogP contribution in [0.4, 0.5) is 20.6 Å². The SMILES string of the molecule is CC(C)(C)OC(=O)Nc1cc(F)c([N+](=O)[O-])cc1C(=O)O. The Bertz CT molecular complexity index is 609. The third-order valence-corrected chi connectivity index (χ3v) is 2.15. The first-order valence-corrected chi connectivity index (χ1v) is 5.72. The fourth-order valence-corrected chi connectivity index (χ4v) is 1.40. The molecule has 1 rings (SSSR count). The lowest BCUT2D eigenvalue weighted by Gasteiger charge is -2.20. The highest BCUT2D eigenvalue weighted by molar-refractivity contribution is 5.99. The van der Waals surface area contributed by atoms with Gasteiger partial charge in [-0.2, -0.15) is 4.39 Å². The van der Waals surface area contributed by atoms with Gasteiger partial charge < -0.3 is 9.84 Å². The second-order valence-corrected chi connectivity index (χ2v) is 5.04. The molecule has 8 nitrogen and oxygen atoms in total. The number of anilines is 1. The Kier molecular flexibility index (Phi) is 4.46. The molecule has 1 amide bonds. The summed E-state index contributed by atoms with van der Waals surface area (Å²) in [5.41, 5.74) is -2.89. The second-order valence-electron chi connectivity index (χ2n) is 5.04. The number of hydrogen-bond acceptors (Lipinski definition) is 5. The minimum Gasteiger partial charge on any atom is -0.478 e. The molecule has 0 unspecified atom stereocenters. The van der Waals surface area contributed by atoms with Crippen molar-refractivity contribution in [2.45, 2.75) is 26.4 Å². The summed E-state index contributed by atoms with van der Waals surface area (Å²) in [6, 6.07) is 1.09. The van der Waals surface area contributed by atoms with E-state index in [0.717, 1.165) is 0 Å². The van der Waals surface area contributed by atoms with Gasteiger partial charge in [0.1, 0.15) is 5.60 Å². The lowest BCUT2D eigenvalue weighted by molar-refractivity contribution is -0.387. The Hall–Kier alpha value is -2.71. The number of aromatic carboxylic acids is 1. The van der Waals surface area contributed by atoms with Crippen LogP contribution in [-0.2, 0) is 4.74 Å². The normalized spacial score (nSPS) is 10.9. The van der Waals surface area contributed by atoms with Crippen molar-refractivity contribution >= 4 is 23.4 Å². The molecule has 1 aromatic carbocycles. The topological polar surface area (TPSA) is 119 Å². The zero-order valence-electron chi connectivity index (χ0n) is 11.5. The fourth-order valence-electron chi connectivity index (χ4n) is 1.40. The summed E-state index contributed by atoms with van der Waals surface area (Å²) in [5.74, 6) is -2.82. The van der Waals surface area contributed by atoms with Crippen LogP contribution in [-0.4, -0.2) is 27.7 Å². The average Bonchev–Trinajstić information content (AvgIpc) is 2.24. The molecule has 0 atom stereocenters. The molecule has 0 aromatic heterocycles. The number of carboxylic acid groups (broad SMARTS) is 1. The number of hydrogen-bond donors (Lipinski definition) is 2. The molecule has 0 aliphatic heterocycles. The number of carboxylic acids is 1. The molecule has 9 heteroatoms. The van der Waals surface area contributed by atoms with Gasteiger partial charge in [0, 0.05) is 12.1 Å². The van der Waals surface area contributed by atoms with Crippen LogP contribution in [0, 0.1) is 15.9 Å². The highest BCUT2D eigenvalue weighted by atomic mass is 19.1. The van der Waals surface area contributed by atoms with Gasteiger partial charge in [0.2, 0.25) is 5.82 Å². The third kappa shape index (κ3) is 4.41. The van der Waals surface area contributed by atoms with Crippen LogP contribution in [0.25, 0.3) is 0 Å². The van der Waals surface area contributed by atoms with Crippen molar-refractivity contribution in [1.82, 2.24) is 0 Å². The van der Waals surface area contributed by atoms with Crippen LogP contribution in [0.2, 0.25) is 0 Å². The highest BCUT2D eigenvalue weighted by Crippen LogP contribution is 2.26. The number of nitro groups is 1. The van der Waals surface area contributed by atoms with Crippen molar-refractivity contribution in [2.24, 2.45) is 0 Å². The zero-order valence-corrected chi connectivity index (χ0v) is 11.5. The van der Waals surface area contributed by atoms with E-state index < -0.39 is 45.3 Å². The molecular formula is C12H13FN2O6. The van der Waals surface area contributed by atoms with Crippen molar-refractivity contribution < 1.29 is 28.7 Å². The van der Waals surface area contributed by atoms with Gasteiger partial charge in [-0.3, -0.25) is 15.4 Å². The van der Waals surface area contributed by atoms with Crippen molar-refractivity contribution in [1.29, 1.82) is 0 Å². The summed E-state index contributed by atoms with van der Waals surface area (Å²) in [6.07, 6.45) is -1.00. The maximum atomic E-state index is 13.5. The van der Waals surface area contributed by atoms with Crippen LogP contribution in [0.3, 0.4) is 0 Å². The minimum absolute atomic E-state index is 0.431. The van der Waals surface area contributed by atoms with Crippen molar-refractivity contribution in [3.8, 4) is 0 Å². The fraction of sp³-hybridized carbons (Fsp3) is 0.333. The number of amides is 1. The molecule has 0 aliphatic carbocycles. The summed E-state index contributed by atoms with van der Waals surface area (Å²) in [5, 5.41) is 21.6. The first-order chi connectivity index (χ1) is 9.51. The van der Waals surface area contributed by atoms with Crippen LogP contribution in [0.15, 0.2) is 12.1 Å². The number of ether oxygens (including phenoxy) is 1. The van der Waals surface area contributed by atoms with E-state index in [1.165, 1.54) is 0 Å². The van der Waals surface area contributed by atoms with Crippen molar-refractivity contribution in [3.05, 3.63) is 33.6 Å². The molecule has 114 valence electrons.